The number of rotatable bonds is 6. The Morgan fingerprint density at radius 2 is 2.00 bits per heavy atom. The van der Waals surface area contributed by atoms with Crippen LogP contribution in [-0.4, -0.2) is 39.6 Å². The van der Waals surface area contributed by atoms with Gasteiger partial charge < -0.3 is 9.30 Å². The van der Waals surface area contributed by atoms with Crippen molar-refractivity contribution in [2.75, 3.05) is 13.2 Å². The summed E-state index contributed by atoms with van der Waals surface area (Å²) < 4.78 is 7.56. The summed E-state index contributed by atoms with van der Waals surface area (Å²) in [5, 5.41) is 0. The highest BCUT2D eigenvalue weighted by Gasteiger charge is 2.27. The van der Waals surface area contributed by atoms with Crippen LogP contribution in [0.15, 0.2) is 12.5 Å². The van der Waals surface area contributed by atoms with Crippen LogP contribution in [0.4, 0.5) is 0 Å². The smallest absolute Gasteiger partial charge is 0.307 e. The van der Waals surface area contributed by atoms with Crippen LogP contribution in [0.2, 0.25) is 0 Å². The number of ether oxygens (including phenoxy) is 1. The first kappa shape index (κ1) is 17.5. The van der Waals surface area contributed by atoms with Crippen molar-refractivity contribution in [2.45, 2.75) is 83.3 Å². The molecule has 1 aliphatic heterocycles. The van der Waals surface area contributed by atoms with E-state index in [4.69, 9.17) is 4.74 Å². The highest BCUT2D eigenvalue weighted by Crippen LogP contribution is 2.30. The van der Waals surface area contributed by atoms with E-state index in [9.17, 15) is 4.79 Å². The van der Waals surface area contributed by atoms with E-state index in [2.05, 4.69) is 14.5 Å². The van der Waals surface area contributed by atoms with Gasteiger partial charge in [-0.25, -0.2) is 4.98 Å². The maximum atomic E-state index is 11.9. The summed E-state index contributed by atoms with van der Waals surface area (Å²) in [5.41, 5.74) is 1.30. The number of imidazole rings is 1. The molecule has 0 N–H and O–H groups in total. The maximum absolute atomic E-state index is 11.9. The van der Waals surface area contributed by atoms with Crippen molar-refractivity contribution in [1.29, 1.82) is 0 Å². The van der Waals surface area contributed by atoms with Crippen LogP contribution in [0.3, 0.4) is 0 Å². The van der Waals surface area contributed by atoms with Crippen LogP contribution in [0.1, 0.15) is 76.4 Å². The second-order valence-electron chi connectivity index (χ2n) is 7.21. The van der Waals surface area contributed by atoms with Crippen LogP contribution in [0.25, 0.3) is 0 Å². The Balaban J connectivity index is 1.65. The lowest BCUT2D eigenvalue weighted by Gasteiger charge is -2.36. The highest BCUT2D eigenvalue weighted by molar-refractivity contribution is 5.70. The summed E-state index contributed by atoms with van der Waals surface area (Å²) in [6.45, 7) is 4.32. The fourth-order valence-electron chi connectivity index (χ4n) is 4.26. The zero-order chi connectivity index (χ0) is 16.8. The molecule has 1 saturated carbocycles. The predicted octanol–water partition coefficient (Wildman–Crippen LogP) is 3.70. The molecule has 1 atom stereocenters. The molecule has 1 aliphatic carbocycles. The quantitative estimate of drug-likeness (QED) is 0.745. The van der Waals surface area contributed by atoms with Gasteiger partial charge in [-0.05, 0) is 39.2 Å². The van der Waals surface area contributed by atoms with E-state index in [1.54, 1.807) is 0 Å². The van der Waals surface area contributed by atoms with Crippen LogP contribution in [0.5, 0.6) is 0 Å². The number of esters is 1. The molecule has 2 fully saturated rings. The second-order valence-corrected chi connectivity index (χ2v) is 7.21. The molecule has 24 heavy (non-hydrogen) atoms. The molecule has 5 nitrogen and oxygen atoms in total. The second kappa shape index (κ2) is 8.65. The molecule has 0 amide bonds. The van der Waals surface area contributed by atoms with Gasteiger partial charge in [0.05, 0.1) is 25.0 Å². The summed E-state index contributed by atoms with van der Waals surface area (Å²) >= 11 is 0. The third-order valence-electron chi connectivity index (χ3n) is 5.54. The number of hydrogen-bond acceptors (Lipinski definition) is 4. The number of piperidine rings is 1. The maximum Gasteiger partial charge on any atom is 0.307 e. The zero-order valence-electron chi connectivity index (χ0n) is 15.0. The van der Waals surface area contributed by atoms with E-state index in [-0.39, 0.29) is 5.97 Å². The molecular weight excluding hydrogens is 302 g/mol. The first-order valence-corrected chi connectivity index (χ1v) is 9.68. The van der Waals surface area contributed by atoms with E-state index >= 15 is 0 Å². The van der Waals surface area contributed by atoms with Crippen molar-refractivity contribution in [1.82, 2.24) is 14.5 Å². The van der Waals surface area contributed by atoms with Gasteiger partial charge in [0, 0.05) is 24.8 Å². The number of nitrogens with zero attached hydrogens (tertiary/aromatic N) is 3. The molecule has 2 heterocycles. The summed E-state index contributed by atoms with van der Waals surface area (Å²) in [6.07, 6.45) is 14.6. The Kier molecular flexibility index (Phi) is 6.30. The average Bonchev–Trinajstić information content (AvgIpc) is 3.06. The lowest BCUT2D eigenvalue weighted by molar-refractivity contribution is -0.145. The van der Waals surface area contributed by atoms with Crippen LogP contribution in [0, 0.1) is 0 Å². The van der Waals surface area contributed by atoms with Crippen molar-refractivity contribution >= 4 is 5.97 Å². The van der Waals surface area contributed by atoms with Gasteiger partial charge in [-0.2, -0.15) is 0 Å². The zero-order valence-corrected chi connectivity index (χ0v) is 15.0. The molecule has 0 unspecified atom stereocenters. The standard InChI is InChI=1S/C19H31N3O2/c1-2-24-19(23)12-17-10-6-7-11-21(17)14-18-13-20-15-22(18)16-8-4-3-5-9-16/h13,15-17H,2-12,14H2,1H3/t17-/m0/s1. The Hall–Kier alpha value is -1.36. The molecule has 0 radical (unpaired) electrons. The first-order chi connectivity index (χ1) is 11.8. The Morgan fingerprint density at radius 1 is 1.21 bits per heavy atom. The van der Waals surface area contributed by atoms with E-state index in [1.165, 1.54) is 50.6 Å². The molecule has 5 heteroatoms. The van der Waals surface area contributed by atoms with Crippen molar-refractivity contribution in [3.63, 3.8) is 0 Å². The van der Waals surface area contributed by atoms with Crippen molar-refractivity contribution in [2.24, 2.45) is 0 Å². The fourth-order valence-corrected chi connectivity index (χ4v) is 4.26. The minimum absolute atomic E-state index is 0.0600. The largest absolute Gasteiger partial charge is 0.466 e. The van der Waals surface area contributed by atoms with Gasteiger partial charge in [0.2, 0.25) is 0 Å². The van der Waals surface area contributed by atoms with Gasteiger partial charge in [0.1, 0.15) is 0 Å². The van der Waals surface area contributed by atoms with Crippen LogP contribution in [-0.2, 0) is 16.1 Å². The summed E-state index contributed by atoms with van der Waals surface area (Å²) in [4.78, 5) is 18.8. The summed E-state index contributed by atoms with van der Waals surface area (Å²) in [5.74, 6) is -0.0600. The highest BCUT2D eigenvalue weighted by atomic mass is 16.5. The fraction of sp³-hybridized carbons (Fsp3) is 0.789. The molecule has 1 aromatic rings. The first-order valence-electron chi connectivity index (χ1n) is 9.68. The third kappa shape index (κ3) is 4.38. The topological polar surface area (TPSA) is 47.4 Å². The van der Waals surface area contributed by atoms with Gasteiger partial charge in [0.15, 0.2) is 0 Å². The molecule has 0 aromatic carbocycles. The Morgan fingerprint density at radius 3 is 2.79 bits per heavy atom. The van der Waals surface area contributed by atoms with Crippen LogP contribution >= 0.6 is 0 Å². The number of likely N-dealkylation sites (tertiary alicyclic amines) is 1. The summed E-state index contributed by atoms with van der Waals surface area (Å²) in [6, 6.07) is 0.928. The SMILES string of the molecule is CCOC(=O)C[C@@H]1CCCCN1Cc1cncn1C1CCCCC1. The van der Waals surface area contributed by atoms with Gasteiger partial charge in [0.25, 0.3) is 0 Å². The van der Waals surface area contributed by atoms with Crippen molar-refractivity contribution in [3.05, 3.63) is 18.2 Å². The summed E-state index contributed by atoms with van der Waals surface area (Å²) in [7, 11) is 0. The van der Waals surface area contributed by atoms with E-state index in [0.717, 1.165) is 19.5 Å². The van der Waals surface area contributed by atoms with Crippen molar-refractivity contribution < 1.29 is 9.53 Å². The molecular formula is C19H31N3O2. The molecule has 134 valence electrons. The number of aromatic nitrogens is 2. The number of carbonyl (C=O) groups is 1. The molecule has 2 aliphatic rings. The van der Waals surface area contributed by atoms with E-state index < -0.39 is 0 Å². The number of hydrogen-bond donors (Lipinski definition) is 0. The van der Waals surface area contributed by atoms with Gasteiger partial charge >= 0.3 is 5.97 Å². The minimum Gasteiger partial charge on any atom is -0.466 e. The van der Waals surface area contributed by atoms with Crippen molar-refractivity contribution in [3.8, 4) is 0 Å². The monoisotopic (exact) mass is 333 g/mol. The Labute approximate surface area is 145 Å². The lowest BCUT2D eigenvalue weighted by atomic mass is 9.95. The van der Waals surface area contributed by atoms with E-state index in [1.807, 2.05) is 19.4 Å². The normalized spacial score (nSPS) is 23.3. The van der Waals surface area contributed by atoms with Gasteiger partial charge in [-0.3, -0.25) is 9.69 Å². The van der Waals surface area contributed by atoms with Crippen LogP contribution < -0.4 is 0 Å². The predicted molar refractivity (Wildman–Crippen MR) is 93.6 cm³/mol. The third-order valence-corrected chi connectivity index (χ3v) is 5.54. The molecule has 0 spiro atoms. The average molecular weight is 333 g/mol. The number of carbonyl (C=O) groups excluding carboxylic acids is 1. The van der Waals surface area contributed by atoms with Gasteiger partial charge in [-0.1, -0.05) is 25.7 Å². The minimum atomic E-state index is -0.0600. The lowest BCUT2D eigenvalue weighted by Crippen LogP contribution is -2.41. The molecule has 3 rings (SSSR count). The van der Waals surface area contributed by atoms with E-state index in [0.29, 0.717) is 25.1 Å². The molecule has 1 aromatic heterocycles. The molecule has 1 saturated heterocycles. The van der Waals surface area contributed by atoms with Gasteiger partial charge in [-0.15, -0.1) is 0 Å². The Bertz CT molecular complexity index is 522. The molecule has 0 bridgehead atoms.